The average Bonchev–Trinajstić information content (AvgIpc) is 2.65. The molecule has 152 valence electrons. The summed E-state index contributed by atoms with van der Waals surface area (Å²) >= 11 is 6.09. The lowest BCUT2D eigenvalue weighted by molar-refractivity contribution is -0.146. The summed E-state index contributed by atoms with van der Waals surface area (Å²) in [6.07, 6.45) is 17.5. The SMILES string of the molecule is CCCCCCCCCCCC[C@H](C#N)OC(=O)[C@H](Cl)CCCCCC. The molecule has 0 saturated carbocycles. The van der Waals surface area contributed by atoms with Crippen LogP contribution in [0.3, 0.4) is 0 Å². The van der Waals surface area contributed by atoms with Gasteiger partial charge >= 0.3 is 5.97 Å². The van der Waals surface area contributed by atoms with Crippen molar-refractivity contribution in [3.05, 3.63) is 0 Å². The molecule has 0 aromatic rings. The van der Waals surface area contributed by atoms with Gasteiger partial charge < -0.3 is 4.74 Å². The van der Waals surface area contributed by atoms with Gasteiger partial charge in [-0.15, -0.1) is 11.6 Å². The van der Waals surface area contributed by atoms with Gasteiger partial charge in [0.25, 0.3) is 0 Å². The summed E-state index contributed by atoms with van der Waals surface area (Å²) in [6.45, 7) is 4.39. The van der Waals surface area contributed by atoms with Crippen LogP contribution in [0.1, 0.15) is 117 Å². The minimum Gasteiger partial charge on any atom is -0.446 e. The van der Waals surface area contributed by atoms with E-state index in [2.05, 4.69) is 19.9 Å². The van der Waals surface area contributed by atoms with E-state index in [9.17, 15) is 10.1 Å². The second-order valence-electron chi connectivity index (χ2n) is 7.34. The highest BCUT2D eigenvalue weighted by atomic mass is 35.5. The van der Waals surface area contributed by atoms with E-state index in [0.717, 1.165) is 38.5 Å². The summed E-state index contributed by atoms with van der Waals surface area (Å²) in [6, 6.07) is 2.09. The summed E-state index contributed by atoms with van der Waals surface area (Å²) in [7, 11) is 0. The Morgan fingerprint density at radius 2 is 1.23 bits per heavy atom. The van der Waals surface area contributed by atoms with Crippen LogP contribution in [-0.2, 0) is 9.53 Å². The number of esters is 1. The van der Waals surface area contributed by atoms with Crippen molar-refractivity contribution in [2.75, 3.05) is 0 Å². The first-order chi connectivity index (χ1) is 12.7. The lowest BCUT2D eigenvalue weighted by Crippen LogP contribution is -2.24. The van der Waals surface area contributed by atoms with Crippen molar-refractivity contribution >= 4 is 17.6 Å². The maximum atomic E-state index is 12.0. The number of halogens is 1. The fraction of sp³-hybridized carbons (Fsp3) is 0.909. The summed E-state index contributed by atoms with van der Waals surface area (Å²) in [5.41, 5.74) is 0. The van der Waals surface area contributed by atoms with Crippen LogP contribution in [-0.4, -0.2) is 17.5 Å². The molecule has 0 rings (SSSR count). The largest absolute Gasteiger partial charge is 0.446 e. The van der Waals surface area contributed by atoms with Crippen LogP contribution in [0.5, 0.6) is 0 Å². The number of hydrogen-bond donors (Lipinski definition) is 0. The molecule has 0 unspecified atom stereocenters. The van der Waals surface area contributed by atoms with Crippen molar-refractivity contribution in [1.82, 2.24) is 0 Å². The molecule has 2 atom stereocenters. The maximum absolute atomic E-state index is 12.0. The van der Waals surface area contributed by atoms with Crippen LogP contribution in [0.15, 0.2) is 0 Å². The van der Waals surface area contributed by atoms with Gasteiger partial charge in [-0.05, 0) is 19.3 Å². The summed E-state index contributed by atoms with van der Waals surface area (Å²) < 4.78 is 5.27. The van der Waals surface area contributed by atoms with Crippen molar-refractivity contribution in [3.8, 4) is 6.07 Å². The second-order valence-corrected chi connectivity index (χ2v) is 7.87. The number of rotatable bonds is 18. The zero-order valence-electron chi connectivity index (χ0n) is 17.1. The standard InChI is InChI=1S/C22H40ClNO2/c1-3-5-7-9-10-11-12-13-14-15-17-20(19-24)26-22(25)21(23)18-16-8-6-4-2/h20-21H,3-18H2,1-2H3/t20-,21-/m1/s1. The monoisotopic (exact) mass is 385 g/mol. The highest BCUT2D eigenvalue weighted by Gasteiger charge is 2.20. The molecule has 0 radical (unpaired) electrons. The van der Waals surface area contributed by atoms with Gasteiger partial charge in [-0.25, -0.2) is 0 Å². The van der Waals surface area contributed by atoms with E-state index in [0.29, 0.717) is 12.8 Å². The minimum absolute atomic E-state index is 0.429. The molecule has 4 heteroatoms. The van der Waals surface area contributed by atoms with Gasteiger partial charge in [-0.2, -0.15) is 5.26 Å². The summed E-state index contributed by atoms with van der Waals surface area (Å²) in [5.74, 6) is -0.429. The van der Waals surface area contributed by atoms with Gasteiger partial charge in [0, 0.05) is 0 Å². The van der Waals surface area contributed by atoms with E-state index in [-0.39, 0.29) is 0 Å². The van der Waals surface area contributed by atoms with Crippen molar-refractivity contribution in [3.63, 3.8) is 0 Å². The van der Waals surface area contributed by atoms with Crippen LogP contribution in [0.2, 0.25) is 0 Å². The predicted molar refractivity (Wildman–Crippen MR) is 110 cm³/mol. The van der Waals surface area contributed by atoms with Crippen molar-refractivity contribution in [2.45, 2.75) is 128 Å². The normalized spacial score (nSPS) is 13.2. The third-order valence-electron chi connectivity index (χ3n) is 4.79. The Labute approximate surface area is 166 Å². The molecular formula is C22H40ClNO2. The van der Waals surface area contributed by atoms with Crippen molar-refractivity contribution < 1.29 is 9.53 Å². The number of hydrogen-bond acceptors (Lipinski definition) is 3. The minimum atomic E-state index is -0.645. The summed E-state index contributed by atoms with van der Waals surface area (Å²) in [4.78, 5) is 12.0. The van der Waals surface area contributed by atoms with Gasteiger partial charge in [0.05, 0.1) is 0 Å². The molecule has 0 N–H and O–H groups in total. The smallest absolute Gasteiger partial charge is 0.325 e. The van der Waals surface area contributed by atoms with Gasteiger partial charge in [-0.1, -0.05) is 97.3 Å². The fourth-order valence-electron chi connectivity index (χ4n) is 3.05. The molecule has 3 nitrogen and oxygen atoms in total. The first kappa shape index (κ1) is 25.2. The average molecular weight is 386 g/mol. The van der Waals surface area contributed by atoms with Crippen molar-refractivity contribution in [2.24, 2.45) is 0 Å². The van der Waals surface area contributed by atoms with Crippen LogP contribution in [0.25, 0.3) is 0 Å². The van der Waals surface area contributed by atoms with Gasteiger partial charge in [0.15, 0.2) is 6.10 Å². The van der Waals surface area contributed by atoms with Crippen LogP contribution < -0.4 is 0 Å². The molecule has 0 heterocycles. The highest BCUT2D eigenvalue weighted by Crippen LogP contribution is 2.16. The molecule has 0 saturated heterocycles. The molecule has 0 amide bonds. The molecule has 0 aromatic heterocycles. The zero-order chi connectivity index (χ0) is 19.5. The van der Waals surface area contributed by atoms with E-state index in [1.807, 2.05) is 0 Å². The molecular weight excluding hydrogens is 346 g/mol. The Morgan fingerprint density at radius 3 is 1.73 bits per heavy atom. The first-order valence-corrected chi connectivity index (χ1v) is 11.3. The van der Waals surface area contributed by atoms with E-state index < -0.39 is 17.5 Å². The van der Waals surface area contributed by atoms with E-state index >= 15 is 0 Å². The fourth-order valence-corrected chi connectivity index (χ4v) is 3.25. The second kappa shape index (κ2) is 19.0. The number of alkyl halides is 1. The molecule has 0 spiro atoms. The van der Waals surface area contributed by atoms with E-state index in [1.165, 1.54) is 51.4 Å². The van der Waals surface area contributed by atoms with Gasteiger partial charge in [-0.3, -0.25) is 4.79 Å². The lowest BCUT2D eigenvalue weighted by atomic mass is 10.0. The topological polar surface area (TPSA) is 50.1 Å². The maximum Gasteiger partial charge on any atom is 0.325 e. The Kier molecular flexibility index (Phi) is 18.5. The summed E-state index contributed by atoms with van der Waals surface area (Å²) in [5, 5.41) is 8.56. The number of carbonyl (C=O) groups excluding carboxylic acids is 1. The zero-order valence-corrected chi connectivity index (χ0v) is 17.9. The number of nitrogens with zero attached hydrogens (tertiary/aromatic N) is 1. The van der Waals surface area contributed by atoms with Crippen molar-refractivity contribution in [1.29, 1.82) is 5.26 Å². The van der Waals surface area contributed by atoms with Crippen LogP contribution in [0, 0.1) is 11.3 Å². The third-order valence-corrected chi connectivity index (χ3v) is 5.19. The molecule has 0 aliphatic heterocycles. The third kappa shape index (κ3) is 15.5. The Hall–Kier alpha value is -0.750. The highest BCUT2D eigenvalue weighted by molar-refractivity contribution is 6.29. The quantitative estimate of drug-likeness (QED) is 0.141. The van der Waals surface area contributed by atoms with E-state index in [4.69, 9.17) is 16.3 Å². The van der Waals surface area contributed by atoms with Gasteiger partial charge in [0.1, 0.15) is 11.4 Å². The molecule has 0 bridgehead atoms. The number of nitriles is 1. The number of ether oxygens (including phenoxy) is 1. The first-order valence-electron chi connectivity index (χ1n) is 10.9. The van der Waals surface area contributed by atoms with Crippen LogP contribution >= 0.6 is 11.6 Å². The van der Waals surface area contributed by atoms with Crippen LogP contribution in [0.4, 0.5) is 0 Å². The molecule has 0 aromatic carbocycles. The Balaban J connectivity index is 3.66. The number of unbranched alkanes of at least 4 members (excludes halogenated alkanes) is 12. The Morgan fingerprint density at radius 1 is 0.808 bits per heavy atom. The molecule has 0 aliphatic carbocycles. The van der Waals surface area contributed by atoms with E-state index in [1.54, 1.807) is 0 Å². The molecule has 26 heavy (non-hydrogen) atoms. The number of carbonyl (C=O) groups is 1. The lowest BCUT2D eigenvalue weighted by Gasteiger charge is -2.14. The molecule has 0 aliphatic rings. The predicted octanol–water partition coefficient (Wildman–Crippen LogP) is 7.31. The Bertz CT molecular complexity index is 368. The molecule has 0 fully saturated rings. The van der Waals surface area contributed by atoms with Gasteiger partial charge in [0.2, 0.25) is 0 Å².